The topological polar surface area (TPSA) is 104 Å². The van der Waals surface area contributed by atoms with E-state index >= 15 is 0 Å². The second-order valence-electron chi connectivity index (χ2n) is 0.848. The van der Waals surface area contributed by atoms with Gasteiger partial charge in [0.05, 0.1) is 0 Å². The van der Waals surface area contributed by atoms with Gasteiger partial charge in [0.2, 0.25) is 0 Å². The maximum atomic E-state index is 9.58. The van der Waals surface area contributed by atoms with Crippen LogP contribution in [0.4, 0.5) is 0 Å². The molecule has 0 amide bonds. The van der Waals surface area contributed by atoms with E-state index in [1.165, 1.54) is 0 Å². The molecule has 1 atom stereocenters. The van der Waals surface area contributed by atoms with Gasteiger partial charge < -0.3 is 14.7 Å². The molecule has 0 saturated carbocycles. The van der Waals surface area contributed by atoms with Crippen molar-refractivity contribution in [3.63, 3.8) is 0 Å². The summed E-state index contributed by atoms with van der Waals surface area (Å²) in [4.78, 5) is 23.2. The van der Waals surface area contributed by atoms with Gasteiger partial charge in [-0.3, -0.25) is 4.57 Å². The number of hydrogen-bond donors (Lipinski definition) is 3. The predicted molar refractivity (Wildman–Crippen MR) is 46.9 cm³/mol. The first kappa shape index (κ1) is 23.8. The summed E-state index contributed by atoms with van der Waals surface area (Å²) in [6, 6.07) is 0. The molecule has 3 N–H and O–H groups in total. The third kappa shape index (κ3) is 24.7. The number of rotatable bonds is 2. The fraction of sp³-hybridized carbons (Fsp3) is 0. The van der Waals surface area contributed by atoms with Crippen LogP contribution in [0.25, 0.3) is 0 Å². The van der Waals surface area contributed by atoms with Gasteiger partial charge in [0.25, 0.3) is 0 Å². The van der Waals surface area contributed by atoms with Crippen molar-refractivity contribution in [3.05, 3.63) is 0 Å². The molecule has 0 aromatic heterocycles. The zero-order chi connectivity index (χ0) is 6.78. The molecule has 11 heteroatoms. The zero-order valence-corrected chi connectivity index (χ0v) is 5.41. The minimum atomic E-state index is -4.74. The SMILES string of the molecule is O=[PH](O)OP(=O)(O)O.[H+].[NaH].[NaH].[NaH]. The molecule has 56 valence electrons. The summed E-state index contributed by atoms with van der Waals surface area (Å²) in [5.74, 6) is 0. The first-order valence-corrected chi connectivity index (χ1v) is 4.19. The van der Waals surface area contributed by atoms with Gasteiger partial charge in [0.1, 0.15) is 0 Å². The Labute approximate surface area is 132 Å². The van der Waals surface area contributed by atoms with Gasteiger partial charge in [-0.15, -0.1) is 0 Å². The molecule has 0 aromatic carbocycles. The van der Waals surface area contributed by atoms with Crippen LogP contribution < -0.4 is 0 Å². The Hall–Kier alpha value is 3.30. The van der Waals surface area contributed by atoms with E-state index in [9.17, 15) is 9.13 Å². The summed E-state index contributed by atoms with van der Waals surface area (Å²) in [5.41, 5.74) is 0. The molecular weight excluding hydrogens is 227 g/mol. The van der Waals surface area contributed by atoms with Crippen molar-refractivity contribution >= 4 is 105 Å². The van der Waals surface area contributed by atoms with E-state index < -0.39 is 16.1 Å². The van der Waals surface area contributed by atoms with E-state index in [0.29, 0.717) is 0 Å². The average molecular weight is 235 g/mol. The van der Waals surface area contributed by atoms with E-state index in [1.54, 1.807) is 0 Å². The molecule has 0 saturated heterocycles. The second-order valence-corrected chi connectivity index (χ2v) is 3.09. The van der Waals surface area contributed by atoms with Crippen LogP contribution in [0, 0.1) is 0 Å². The summed E-state index contributed by atoms with van der Waals surface area (Å²) in [6.45, 7) is 0. The molecule has 0 aliphatic rings. The van der Waals surface area contributed by atoms with Crippen LogP contribution in [0.15, 0.2) is 0 Å². The molecule has 0 radical (unpaired) electrons. The van der Waals surface area contributed by atoms with E-state index in [0.717, 1.165) is 0 Å². The molecule has 0 aliphatic heterocycles. The second kappa shape index (κ2) is 11.4. The molecule has 0 bridgehead atoms. The third-order valence-electron chi connectivity index (χ3n) is 0.197. The molecule has 0 spiro atoms. The van der Waals surface area contributed by atoms with E-state index in [2.05, 4.69) is 4.31 Å². The molecule has 0 aliphatic carbocycles. The van der Waals surface area contributed by atoms with Gasteiger partial charge >= 0.3 is 106 Å². The molecule has 0 aromatic rings. The summed E-state index contributed by atoms with van der Waals surface area (Å²) in [5, 5.41) is 0. The van der Waals surface area contributed by atoms with Crippen LogP contribution in [-0.2, 0) is 13.4 Å². The molecule has 6 nitrogen and oxygen atoms in total. The van der Waals surface area contributed by atoms with Crippen LogP contribution in [0.5, 0.6) is 0 Å². The van der Waals surface area contributed by atoms with Crippen LogP contribution in [0.3, 0.4) is 0 Å². The van der Waals surface area contributed by atoms with Crippen molar-refractivity contribution < 1.29 is 29.5 Å². The summed E-state index contributed by atoms with van der Waals surface area (Å²) in [6.07, 6.45) is 0. The first-order chi connectivity index (χ1) is 3.42. The molecule has 0 rings (SSSR count). The summed E-state index contributed by atoms with van der Waals surface area (Å²) in [7, 11) is -8.24. The van der Waals surface area contributed by atoms with Crippen molar-refractivity contribution in [1.29, 1.82) is 0 Å². The maximum absolute atomic E-state index is 9.58. The van der Waals surface area contributed by atoms with Gasteiger partial charge in [-0.05, 0) is 0 Å². The number of hydrogen-bond acceptors (Lipinski definition) is 3. The summed E-state index contributed by atoms with van der Waals surface area (Å²) < 4.78 is 22.3. The van der Waals surface area contributed by atoms with Crippen molar-refractivity contribution in [2.75, 3.05) is 0 Å². The normalized spacial score (nSPS) is 11.5. The van der Waals surface area contributed by atoms with Crippen molar-refractivity contribution in [2.45, 2.75) is 0 Å². The molecule has 11 heavy (non-hydrogen) atoms. The van der Waals surface area contributed by atoms with Gasteiger partial charge in [0, 0.05) is 0 Å². The zero-order valence-electron chi connectivity index (χ0n) is 4.51. The molecule has 0 heterocycles. The Balaban J connectivity index is -0.0000000408. The van der Waals surface area contributed by atoms with Crippen molar-refractivity contribution in [3.8, 4) is 0 Å². The monoisotopic (exact) mass is 235 g/mol. The van der Waals surface area contributed by atoms with Crippen molar-refractivity contribution in [1.82, 2.24) is 0 Å². The quantitative estimate of drug-likeness (QED) is 0.365. The van der Waals surface area contributed by atoms with E-state index in [-0.39, 0.29) is 90.1 Å². The predicted octanol–water partition coefficient (Wildman–Crippen LogP) is -2.36. The van der Waals surface area contributed by atoms with Crippen LogP contribution in [-0.4, -0.2) is 103 Å². The number of phosphoric acid groups is 1. The van der Waals surface area contributed by atoms with E-state index in [1.807, 2.05) is 0 Å². The molecule has 1 unspecified atom stereocenters. The van der Waals surface area contributed by atoms with Gasteiger partial charge in [0.15, 0.2) is 0 Å². The fourth-order valence-electron chi connectivity index (χ4n) is 0.102. The third-order valence-corrected chi connectivity index (χ3v) is 1.77. The summed E-state index contributed by atoms with van der Waals surface area (Å²) >= 11 is 0. The Morgan fingerprint density at radius 2 is 1.55 bits per heavy atom. The van der Waals surface area contributed by atoms with Gasteiger partial charge in [-0.25, -0.2) is 8.88 Å². The molecule has 0 fully saturated rings. The van der Waals surface area contributed by atoms with Crippen LogP contribution in [0.2, 0.25) is 0 Å². The Morgan fingerprint density at radius 1 is 1.27 bits per heavy atom. The standard InChI is InChI=1S/3Na.H4O6P2.3H/c;;;1-7(2)6-8(3,4)5;;;/h;;;7H,(H,1,2)(H2,3,4,5);;;/p+1. The first-order valence-electron chi connectivity index (χ1n) is 1.40. The Kier molecular flexibility index (Phi) is 24.7. The van der Waals surface area contributed by atoms with Crippen LogP contribution >= 0.6 is 16.1 Å². The minimum absolute atomic E-state index is 0. The van der Waals surface area contributed by atoms with E-state index in [4.69, 9.17) is 14.7 Å². The molecular formula is H8Na3O6P2+. The Morgan fingerprint density at radius 3 is 1.55 bits per heavy atom. The van der Waals surface area contributed by atoms with Crippen LogP contribution in [0.1, 0.15) is 1.43 Å². The Bertz CT molecular complexity index is 144. The van der Waals surface area contributed by atoms with Gasteiger partial charge in [-0.2, -0.15) is 0 Å². The van der Waals surface area contributed by atoms with Crippen molar-refractivity contribution in [2.24, 2.45) is 0 Å². The fourth-order valence-corrected chi connectivity index (χ4v) is 0.916. The van der Waals surface area contributed by atoms with Gasteiger partial charge in [-0.1, -0.05) is 0 Å². The average Bonchev–Trinajstić information content (AvgIpc) is 1.21.